The lowest BCUT2D eigenvalue weighted by atomic mass is 10.2. The van der Waals surface area contributed by atoms with Crippen molar-refractivity contribution in [2.45, 2.75) is 10.9 Å². The molecule has 0 aliphatic carbocycles. The molecule has 0 bridgehead atoms. The summed E-state index contributed by atoms with van der Waals surface area (Å²) in [4.78, 5) is 29.3. The second kappa shape index (κ2) is 11.5. The molecule has 0 spiro atoms. The number of amides is 2. The van der Waals surface area contributed by atoms with E-state index >= 15 is 0 Å². The fourth-order valence-corrected chi connectivity index (χ4v) is 4.86. The summed E-state index contributed by atoms with van der Waals surface area (Å²) in [6.07, 6.45) is 0. The summed E-state index contributed by atoms with van der Waals surface area (Å²) in [5.41, 5.74) is 1.60. The van der Waals surface area contributed by atoms with Gasteiger partial charge in [-0.2, -0.15) is 5.26 Å². The van der Waals surface area contributed by atoms with Gasteiger partial charge in [0, 0.05) is 22.0 Å². The molecule has 0 aliphatic heterocycles. The zero-order valence-corrected chi connectivity index (χ0v) is 19.5. The van der Waals surface area contributed by atoms with Crippen LogP contribution in [-0.4, -0.2) is 43.1 Å². The predicted molar refractivity (Wildman–Crippen MR) is 130 cm³/mol. The smallest absolute Gasteiger partial charge is 0.252 e. The standard InChI is InChI=1S/C24H24N4O2S2/c1-28(2)20(22-11-6-12-31-22)15-26-24(30)19-9-3-4-10-21(19)32-16-23(29)27-18-8-5-7-17(13-18)14-25/h3-13,20H,15-16H2,1-2H3,(H,26,30)(H,27,29). The van der Waals surface area contributed by atoms with Gasteiger partial charge in [0.05, 0.1) is 29.0 Å². The van der Waals surface area contributed by atoms with Crippen LogP contribution in [0.5, 0.6) is 0 Å². The number of anilines is 1. The molecule has 0 saturated carbocycles. The van der Waals surface area contributed by atoms with Gasteiger partial charge >= 0.3 is 0 Å². The lowest BCUT2D eigenvalue weighted by Crippen LogP contribution is -2.34. The van der Waals surface area contributed by atoms with Gasteiger partial charge < -0.3 is 15.5 Å². The van der Waals surface area contributed by atoms with Gasteiger partial charge in [0.25, 0.3) is 5.91 Å². The number of carbonyl (C=O) groups excluding carboxylic acids is 2. The van der Waals surface area contributed by atoms with Crippen molar-refractivity contribution in [1.82, 2.24) is 10.2 Å². The molecule has 3 rings (SSSR count). The average Bonchev–Trinajstić information content (AvgIpc) is 3.32. The number of likely N-dealkylation sites (N-methyl/N-ethyl adjacent to an activating group) is 1. The van der Waals surface area contributed by atoms with E-state index in [1.165, 1.54) is 16.6 Å². The molecular formula is C24H24N4O2S2. The maximum absolute atomic E-state index is 12.9. The number of hydrogen-bond acceptors (Lipinski definition) is 6. The van der Waals surface area contributed by atoms with Crippen molar-refractivity contribution in [3.63, 3.8) is 0 Å². The second-order valence-corrected chi connectivity index (χ2v) is 9.23. The van der Waals surface area contributed by atoms with E-state index in [-0.39, 0.29) is 23.6 Å². The monoisotopic (exact) mass is 464 g/mol. The van der Waals surface area contributed by atoms with Crippen LogP contribution in [0.1, 0.15) is 26.8 Å². The van der Waals surface area contributed by atoms with Crippen LogP contribution < -0.4 is 10.6 Å². The Morgan fingerprint density at radius 3 is 2.66 bits per heavy atom. The van der Waals surface area contributed by atoms with Crippen molar-refractivity contribution in [2.75, 3.05) is 31.7 Å². The largest absolute Gasteiger partial charge is 0.350 e. The number of nitrogens with one attached hydrogen (secondary N) is 2. The molecule has 0 saturated heterocycles. The number of nitrogens with zero attached hydrogens (tertiary/aromatic N) is 2. The first-order valence-corrected chi connectivity index (χ1v) is 11.8. The number of thioether (sulfide) groups is 1. The molecule has 0 fully saturated rings. The summed E-state index contributed by atoms with van der Waals surface area (Å²) in [5.74, 6) is -0.222. The highest BCUT2D eigenvalue weighted by molar-refractivity contribution is 8.00. The lowest BCUT2D eigenvalue weighted by molar-refractivity contribution is -0.113. The van der Waals surface area contributed by atoms with Gasteiger partial charge in [-0.15, -0.1) is 23.1 Å². The van der Waals surface area contributed by atoms with Crippen LogP contribution in [0, 0.1) is 11.3 Å². The average molecular weight is 465 g/mol. The molecule has 1 unspecified atom stereocenters. The Morgan fingerprint density at radius 2 is 1.94 bits per heavy atom. The van der Waals surface area contributed by atoms with Gasteiger partial charge in [0.2, 0.25) is 5.91 Å². The van der Waals surface area contributed by atoms with E-state index in [9.17, 15) is 9.59 Å². The summed E-state index contributed by atoms with van der Waals surface area (Å²) in [6.45, 7) is 0.487. The van der Waals surface area contributed by atoms with E-state index in [1.54, 1.807) is 41.7 Å². The molecular weight excluding hydrogens is 440 g/mol. The molecule has 32 heavy (non-hydrogen) atoms. The minimum atomic E-state index is -0.203. The van der Waals surface area contributed by atoms with Crippen LogP contribution >= 0.6 is 23.1 Å². The fraction of sp³-hybridized carbons (Fsp3) is 0.208. The highest BCUT2D eigenvalue weighted by Gasteiger charge is 2.18. The Bertz CT molecular complexity index is 1110. The molecule has 6 nitrogen and oxygen atoms in total. The molecule has 1 aromatic heterocycles. The Morgan fingerprint density at radius 1 is 1.12 bits per heavy atom. The highest BCUT2D eigenvalue weighted by Crippen LogP contribution is 2.25. The zero-order valence-electron chi connectivity index (χ0n) is 17.9. The normalized spacial score (nSPS) is 11.6. The number of nitriles is 1. The van der Waals surface area contributed by atoms with Crippen LogP contribution in [0.4, 0.5) is 5.69 Å². The molecule has 1 heterocycles. The summed E-state index contributed by atoms with van der Waals surface area (Å²) >= 11 is 2.97. The number of hydrogen-bond donors (Lipinski definition) is 2. The van der Waals surface area contributed by atoms with Gasteiger partial charge in [-0.3, -0.25) is 9.59 Å². The van der Waals surface area contributed by atoms with Gasteiger partial charge in [-0.25, -0.2) is 0 Å². The first-order chi connectivity index (χ1) is 15.5. The van der Waals surface area contributed by atoms with E-state index in [1.807, 2.05) is 43.7 Å². The maximum atomic E-state index is 12.9. The van der Waals surface area contributed by atoms with Crippen LogP contribution in [-0.2, 0) is 4.79 Å². The van der Waals surface area contributed by atoms with E-state index in [4.69, 9.17) is 5.26 Å². The lowest BCUT2D eigenvalue weighted by Gasteiger charge is -2.23. The quantitative estimate of drug-likeness (QED) is 0.459. The van der Waals surface area contributed by atoms with Gasteiger partial charge in [-0.1, -0.05) is 24.3 Å². The molecule has 0 aliphatic rings. The Kier molecular flexibility index (Phi) is 8.45. The van der Waals surface area contributed by atoms with Gasteiger partial charge in [0.1, 0.15) is 0 Å². The molecule has 2 N–H and O–H groups in total. The predicted octanol–water partition coefficient (Wildman–Crippen LogP) is 4.38. The van der Waals surface area contributed by atoms with Crippen molar-refractivity contribution in [2.24, 2.45) is 0 Å². The fourth-order valence-electron chi connectivity index (χ4n) is 3.09. The molecule has 0 radical (unpaired) electrons. The summed E-state index contributed by atoms with van der Waals surface area (Å²) in [5, 5.41) is 16.8. The van der Waals surface area contributed by atoms with Crippen LogP contribution in [0.2, 0.25) is 0 Å². The van der Waals surface area contributed by atoms with E-state index in [0.29, 0.717) is 23.4 Å². The summed E-state index contributed by atoms with van der Waals surface area (Å²) in [7, 11) is 3.98. The van der Waals surface area contributed by atoms with E-state index in [0.717, 1.165) is 4.90 Å². The van der Waals surface area contributed by atoms with E-state index < -0.39 is 0 Å². The van der Waals surface area contributed by atoms with Crippen molar-refractivity contribution >= 4 is 40.6 Å². The van der Waals surface area contributed by atoms with Gasteiger partial charge in [0.15, 0.2) is 0 Å². The Hall–Kier alpha value is -3.12. The molecule has 8 heteroatoms. The topological polar surface area (TPSA) is 85.2 Å². The number of carbonyl (C=O) groups is 2. The third kappa shape index (κ3) is 6.44. The van der Waals surface area contributed by atoms with Gasteiger partial charge in [-0.05, 0) is 55.9 Å². The van der Waals surface area contributed by atoms with Crippen LogP contribution in [0.25, 0.3) is 0 Å². The Labute approximate surface area is 196 Å². The minimum Gasteiger partial charge on any atom is -0.350 e. The zero-order chi connectivity index (χ0) is 22.9. The first-order valence-electron chi connectivity index (χ1n) is 9.98. The van der Waals surface area contributed by atoms with Crippen LogP contribution in [0.3, 0.4) is 0 Å². The minimum absolute atomic E-state index is 0.0914. The maximum Gasteiger partial charge on any atom is 0.252 e. The number of rotatable bonds is 9. The number of benzene rings is 2. The molecule has 164 valence electrons. The van der Waals surface area contributed by atoms with Crippen LogP contribution in [0.15, 0.2) is 70.9 Å². The van der Waals surface area contributed by atoms with Crippen molar-refractivity contribution in [1.29, 1.82) is 5.26 Å². The van der Waals surface area contributed by atoms with Crippen molar-refractivity contribution < 1.29 is 9.59 Å². The number of thiophene rings is 1. The highest BCUT2D eigenvalue weighted by atomic mass is 32.2. The first kappa shape index (κ1) is 23.5. The molecule has 3 aromatic rings. The molecule has 1 atom stereocenters. The SMILES string of the molecule is CN(C)C(CNC(=O)c1ccccc1SCC(=O)Nc1cccc(C#N)c1)c1cccs1. The Balaban J connectivity index is 1.60. The molecule has 2 amide bonds. The summed E-state index contributed by atoms with van der Waals surface area (Å²) < 4.78 is 0. The second-order valence-electron chi connectivity index (χ2n) is 7.23. The van der Waals surface area contributed by atoms with E-state index in [2.05, 4.69) is 27.7 Å². The summed E-state index contributed by atoms with van der Waals surface area (Å²) in [6, 6.07) is 20.2. The third-order valence-corrected chi connectivity index (χ3v) is 6.76. The third-order valence-electron chi connectivity index (χ3n) is 4.72. The van der Waals surface area contributed by atoms with Crippen molar-refractivity contribution in [3.8, 4) is 6.07 Å². The van der Waals surface area contributed by atoms with Crippen molar-refractivity contribution in [3.05, 3.63) is 82.0 Å². The molecule has 2 aromatic carbocycles.